The summed E-state index contributed by atoms with van der Waals surface area (Å²) in [5.41, 5.74) is 4.37. The van der Waals surface area contributed by atoms with E-state index >= 15 is 0 Å². The number of rotatable bonds is 4. The molecule has 1 aliphatic heterocycles. The first kappa shape index (κ1) is 19.0. The highest BCUT2D eigenvalue weighted by Gasteiger charge is 2.43. The van der Waals surface area contributed by atoms with Crippen molar-refractivity contribution in [1.82, 2.24) is 9.97 Å². The van der Waals surface area contributed by atoms with Crippen LogP contribution < -0.4 is 10.2 Å². The van der Waals surface area contributed by atoms with E-state index in [-0.39, 0.29) is 11.3 Å². The van der Waals surface area contributed by atoms with E-state index in [1.807, 2.05) is 48.5 Å². The quantitative estimate of drug-likeness (QED) is 0.507. The van der Waals surface area contributed by atoms with E-state index in [2.05, 4.69) is 57.4 Å². The molecule has 1 aromatic heterocycles. The molecule has 31 heavy (non-hydrogen) atoms. The number of benzene rings is 3. The maximum atomic E-state index is 12.9. The summed E-state index contributed by atoms with van der Waals surface area (Å²) in [6, 6.07) is 27.5. The molecule has 0 aliphatic carbocycles. The molecule has 0 spiro atoms. The fraction of sp³-hybridized carbons (Fsp3) is 0.115. The van der Waals surface area contributed by atoms with E-state index in [9.17, 15) is 4.79 Å². The average Bonchev–Trinajstić information content (AvgIpc) is 3.16. The number of hydrogen-bond donors (Lipinski definition) is 1. The highest BCUT2D eigenvalue weighted by atomic mass is 16.1. The molecule has 1 aliphatic rings. The summed E-state index contributed by atoms with van der Waals surface area (Å²) in [5.74, 6) is 0.473. The fourth-order valence-electron chi connectivity index (χ4n) is 4.30. The highest BCUT2D eigenvalue weighted by molar-refractivity contribution is 6.06. The summed E-state index contributed by atoms with van der Waals surface area (Å²) >= 11 is 0. The number of nitrogens with zero attached hydrogens (tertiary/aromatic N) is 3. The summed E-state index contributed by atoms with van der Waals surface area (Å²) in [5, 5.41) is 3.11. The van der Waals surface area contributed by atoms with Crippen LogP contribution in [0.25, 0.3) is 0 Å². The van der Waals surface area contributed by atoms with Gasteiger partial charge in [-0.05, 0) is 42.3 Å². The lowest BCUT2D eigenvalue weighted by molar-refractivity contribution is 0.102. The van der Waals surface area contributed by atoms with E-state index in [4.69, 9.17) is 0 Å². The standard InChI is InChI=1S/C26H22N4O/c1-26(20-12-6-3-7-13-20)18-30(25-27-16-9-17-28-25)23-21(26)14-8-15-22(23)29-24(31)19-10-4-2-5-11-19/h2-17H,18H2,1H3,(H,29,31). The van der Waals surface area contributed by atoms with Crippen molar-refractivity contribution in [2.45, 2.75) is 12.3 Å². The lowest BCUT2D eigenvalue weighted by Crippen LogP contribution is -2.30. The van der Waals surface area contributed by atoms with Gasteiger partial charge in [-0.2, -0.15) is 0 Å². The third-order valence-corrected chi connectivity index (χ3v) is 5.86. The zero-order valence-corrected chi connectivity index (χ0v) is 17.2. The van der Waals surface area contributed by atoms with Crippen LogP contribution in [0.15, 0.2) is 97.3 Å². The smallest absolute Gasteiger partial charge is 0.255 e. The maximum absolute atomic E-state index is 12.9. The van der Waals surface area contributed by atoms with Crippen LogP contribution in [0.2, 0.25) is 0 Å². The third kappa shape index (κ3) is 3.34. The predicted molar refractivity (Wildman–Crippen MR) is 123 cm³/mol. The Morgan fingerprint density at radius 3 is 2.26 bits per heavy atom. The van der Waals surface area contributed by atoms with Gasteiger partial charge in [-0.1, -0.05) is 60.7 Å². The lowest BCUT2D eigenvalue weighted by Gasteiger charge is -2.26. The number of para-hydroxylation sites is 1. The molecule has 152 valence electrons. The fourth-order valence-corrected chi connectivity index (χ4v) is 4.30. The van der Waals surface area contributed by atoms with Crippen LogP contribution in [0.3, 0.4) is 0 Å². The normalized spacial score (nSPS) is 17.3. The van der Waals surface area contributed by atoms with Crippen molar-refractivity contribution in [2.75, 3.05) is 16.8 Å². The minimum absolute atomic E-state index is 0.142. The van der Waals surface area contributed by atoms with Crippen LogP contribution in [0.4, 0.5) is 17.3 Å². The molecule has 0 saturated heterocycles. The summed E-state index contributed by atoms with van der Waals surface area (Å²) < 4.78 is 0. The van der Waals surface area contributed by atoms with Crippen molar-refractivity contribution < 1.29 is 4.79 Å². The highest BCUT2D eigenvalue weighted by Crippen LogP contribution is 2.50. The molecule has 5 rings (SSSR count). The van der Waals surface area contributed by atoms with E-state index in [1.165, 1.54) is 5.56 Å². The van der Waals surface area contributed by atoms with Gasteiger partial charge in [-0.15, -0.1) is 0 Å². The number of aromatic nitrogens is 2. The number of nitrogens with one attached hydrogen (secondary N) is 1. The molecule has 5 heteroatoms. The molecule has 1 N–H and O–H groups in total. The molecule has 4 aromatic rings. The van der Waals surface area contributed by atoms with Gasteiger partial charge in [0.1, 0.15) is 0 Å². The minimum Gasteiger partial charge on any atom is -0.320 e. The first-order chi connectivity index (χ1) is 15.2. The van der Waals surface area contributed by atoms with E-state index in [0.717, 1.165) is 16.9 Å². The van der Waals surface area contributed by atoms with Crippen molar-refractivity contribution in [3.63, 3.8) is 0 Å². The van der Waals surface area contributed by atoms with Gasteiger partial charge >= 0.3 is 0 Å². The molecule has 0 fully saturated rings. The molecular weight excluding hydrogens is 384 g/mol. The summed E-state index contributed by atoms with van der Waals surface area (Å²) in [6.07, 6.45) is 3.48. The third-order valence-electron chi connectivity index (χ3n) is 5.86. The number of carbonyl (C=O) groups is 1. The number of carbonyl (C=O) groups excluding carboxylic acids is 1. The average molecular weight is 406 g/mol. The first-order valence-electron chi connectivity index (χ1n) is 10.3. The predicted octanol–water partition coefficient (Wildman–Crippen LogP) is 5.19. The topological polar surface area (TPSA) is 58.1 Å². The maximum Gasteiger partial charge on any atom is 0.255 e. The molecule has 1 amide bonds. The van der Waals surface area contributed by atoms with Crippen LogP contribution in [0.5, 0.6) is 0 Å². The van der Waals surface area contributed by atoms with Crippen molar-refractivity contribution >= 4 is 23.2 Å². The van der Waals surface area contributed by atoms with Gasteiger partial charge in [0.05, 0.1) is 11.4 Å². The van der Waals surface area contributed by atoms with Crippen LogP contribution in [0, 0.1) is 0 Å². The van der Waals surface area contributed by atoms with Gasteiger partial charge in [0, 0.05) is 29.9 Å². The molecule has 1 atom stereocenters. The monoisotopic (exact) mass is 406 g/mol. The van der Waals surface area contributed by atoms with Gasteiger partial charge in [-0.25, -0.2) is 9.97 Å². The van der Waals surface area contributed by atoms with Crippen molar-refractivity contribution in [1.29, 1.82) is 0 Å². The molecule has 2 heterocycles. The van der Waals surface area contributed by atoms with Crippen LogP contribution in [0.1, 0.15) is 28.4 Å². The number of hydrogen-bond acceptors (Lipinski definition) is 4. The van der Waals surface area contributed by atoms with Gasteiger partial charge < -0.3 is 10.2 Å². The van der Waals surface area contributed by atoms with Crippen molar-refractivity contribution in [2.24, 2.45) is 0 Å². The first-order valence-corrected chi connectivity index (χ1v) is 10.3. The minimum atomic E-state index is -0.275. The molecule has 3 aromatic carbocycles. The number of amides is 1. The second-order valence-electron chi connectivity index (χ2n) is 7.85. The Hall–Kier alpha value is -3.99. The van der Waals surface area contributed by atoms with Gasteiger partial charge in [0.2, 0.25) is 5.95 Å². The van der Waals surface area contributed by atoms with Crippen LogP contribution in [-0.4, -0.2) is 22.4 Å². The zero-order chi connectivity index (χ0) is 21.3. The molecular formula is C26H22N4O. The Labute approximate surface area is 181 Å². The molecule has 0 radical (unpaired) electrons. The molecule has 5 nitrogen and oxygen atoms in total. The molecule has 0 saturated carbocycles. The second kappa shape index (κ2) is 7.69. The Morgan fingerprint density at radius 1 is 0.871 bits per heavy atom. The summed E-state index contributed by atoms with van der Waals surface area (Å²) in [7, 11) is 0. The van der Waals surface area contributed by atoms with Gasteiger partial charge in [0.15, 0.2) is 0 Å². The zero-order valence-electron chi connectivity index (χ0n) is 17.2. The summed E-state index contributed by atoms with van der Waals surface area (Å²) in [4.78, 5) is 24.0. The largest absolute Gasteiger partial charge is 0.320 e. The van der Waals surface area contributed by atoms with E-state index in [1.54, 1.807) is 18.5 Å². The van der Waals surface area contributed by atoms with E-state index < -0.39 is 0 Å². The lowest BCUT2D eigenvalue weighted by atomic mass is 9.78. The van der Waals surface area contributed by atoms with Gasteiger partial charge in [0.25, 0.3) is 5.91 Å². The SMILES string of the molecule is CC1(c2ccccc2)CN(c2ncccn2)c2c(NC(=O)c3ccccc3)cccc21. The molecule has 1 unspecified atom stereocenters. The Kier molecular flexibility index (Phi) is 4.71. The Morgan fingerprint density at radius 2 is 1.55 bits per heavy atom. The molecule has 0 bridgehead atoms. The van der Waals surface area contributed by atoms with Crippen molar-refractivity contribution in [3.05, 3.63) is 114 Å². The second-order valence-corrected chi connectivity index (χ2v) is 7.85. The van der Waals surface area contributed by atoms with Gasteiger partial charge in [-0.3, -0.25) is 4.79 Å². The number of fused-ring (bicyclic) bond motifs is 1. The summed E-state index contributed by atoms with van der Waals surface area (Å²) in [6.45, 7) is 2.90. The van der Waals surface area contributed by atoms with Crippen LogP contribution in [-0.2, 0) is 5.41 Å². The van der Waals surface area contributed by atoms with Crippen molar-refractivity contribution in [3.8, 4) is 0 Å². The van der Waals surface area contributed by atoms with E-state index in [0.29, 0.717) is 18.1 Å². The Balaban J connectivity index is 1.64. The van der Waals surface area contributed by atoms with Crippen LogP contribution >= 0.6 is 0 Å². The Bertz CT molecular complexity index is 1210. The number of anilines is 3.